The van der Waals surface area contributed by atoms with Crippen LogP contribution in [0, 0.1) is 0 Å². The summed E-state index contributed by atoms with van der Waals surface area (Å²) in [6.45, 7) is 1.41. The minimum atomic E-state index is -3.59. The third-order valence-electron chi connectivity index (χ3n) is 4.82. The summed E-state index contributed by atoms with van der Waals surface area (Å²) in [6, 6.07) is 9.66. The van der Waals surface area contributed by atoms with Crippen LogP contribution in [0.2, 0.25) is 0 Å². The lowest BCUT2D eigenvalue weighted by Crippen LogP contribution is -2.56. The molecule has 0 spiro atoms. The van der Waals surface area contributed by atoms with Crippen LogP contribution in [0.25, 0.3) is 5.69 Å². The van der Waals surface area contributed by atoms with Gasteiger partial charge in [-0.05, 0) is 31.9 Å². The average molecular weight is 382 g/mol. The Morgan fingerprint density at radius 2 is 1.88 bits per heavy atom. The maximum absolute atomic E-state index is 13.5. The van der Waals surface area contributed by atoms with E-state index in [1.165, 1.54) is 14.1 Å². The Morgan fingerprint density at radius 3 is 2.46 bits per heavy atom. The number of aromatic nitrogens is 3. The van der Waals surface area contributed by atoms with Gasteiger partial charge in [-0.15, -0.1) is 10.2 Å². The highest BCUT2D eigenvalue weighted by atomic mass is 31.0. The minimum absolute atomic E-state index is 0.0585. The fourth-order valence-corrected chi connectivity index (χ4v) is 3.22. The minimum Gasteiger partial charge on any atom is -0.375 e. The van der Waals surface area contributed by atoms with Crippen LogP contribution in [0.3, 0.4) is 0 Å². The fraction of sp³-hybridized carbons (Fsp3) is 0.471. The number of piperidine rings is 1. The summed E-state index contributed by atoms with van der Waals surface area (Å²) in [4.78, 5) is 13.6. The second kappa shape index (κ2) is 7.00. The highest BCUT2D eigenvalue weighted by Gasteiger charge is 2.53. The van der Waals surface area contributed by atoms with Crippen LogP contribution in [0.5, 0.6) is 0 Å². The molecule has 9 heteroatoms. The zero-order chi connectivity index (χ0) is 18.9. The van der Waals surface area contributed by atoms with E-state index in [0.717, 1.165) is 18.4 Å². The van der Waals surface area contributed by atoms with Gasteiger partial charge in [0, 0.05) is 24.7 Å². The van der Waals surface area contributed by atoms with E-state index < -0.39 is 17.2 Å². The molecule has 2 heterocycles. The fourth-order valence-electron chi connectivity index (χ4n) is 3.10. The molecule has 6 nitrogen and oxygen atoms in total. The molecular formula is C17H21F2N4O2P. The number of carbonyl (C=O) groups excluding carboxylic acids is 1. The van der Waals surface area contributed by atoms with Crippen molar-refractivity contribution in [2.24, 2.45) is 0 Å². The van der Waals surface area contributed by atoms with Crippen molar-refractivity contribution in [1.82, 2.24) is 19.7 Å². The molecule has 1 aromatic heterocycles. The third-order valence-corrected chi connectivity index (χ3v) is 5.38. The van der Waals surface area contributed by atoms with Gasteiger partial charge in [-0.3, -0.25) is 9.36 Å². The molecule has 1 fully saturated rings. The summed E-state index contributed by atoms with van der Waals surface area (Å²) in [6.07, 6.45) is 2.77. The van der Waals surface area contributed by atoms with Crippen LogP contribution in [0.1, 0.15) is 31.5 Å². The molecular weight excluding hydrogens is 361 g/mol. The predicted molar refractivity (Wildman–Crippen MR) is 95.2 cm³/mol. The summed E-state index contributed by atoms with van der Waals surface area (Å²) < 4.78 is 28.9. The Balaban J connectivity index is 1.71. The van der Waals surface area contributed by atoms with Gasteiger partial charge < -0.3 is 10.0 Å². The molecule has 1 aromatic carbocycles. The molecule has 0 bridgehead atoms. The number of rotatable bonds is 4. The number of nitrogens with zero attached hydrogens (tertiary/aromatic N) is 4. The van der Waals surface area contributed by atoms with Crippen molar-refractivity contribution in [3.8, 4) is 5.69 Å². The lowest BCUT2D eigenvalue weighted by molar-refractivity contribution is -0.172. The van der Waals surface area contributed by atoms with E-state index in [4.69, 9.17) is 0 Å². The number of hydrogen-bond acceptors (Lipinski definition) is 4. The van der Waals surface area contributed by atoms with E-state index in [1.807, 2.05) is 34.9 Å². The molecule has 26 heavy (non-hydrogen) atoms. The van der Waals surface area contributed by atoms with Gasteiger partial charge in [0.1, 0.15) is 12.2 Å². The Hall–Kier alpha value is -1.92. The molecule has 1 N–H and O–H groups in total. The molecule has 2 aromatic rings. The maximum atomic E-state index is 13.5. The zero-order valence-corrected chi connectivity index (χ0v) is 15.5. The molecule has 1 amide bonds. The molecule has 0 radical (unpaired) electrons. The van der Waals surface area contributed by atoms with Gasteiger partial charge in [-0.25, -0.2) is 0 Å². The number of para-hydroxylation sites is 1. The number of amides is 1. The monoisotopic (exact) mass is 382 g/mol. The van der Waals surface area contributed by atoms with E-state index in [0.29, 0.717) is 12.8 Å². The van der Waals surface area contributed by atoms with Gasteiger partial charge in [-0.1, -0.05) is 27.4 Å². The maximum Gasteiger partial charge on any atom is 0.295 e. The van der Waals surface area contributed by atoms with Gasteiger partial charge in [0.05, 0.1) is 0 Å². The van der Waals surface area contributed by atoms with E-state index in [-0.39, 0.29) is 19.0 Å². The van der Waals surface area contributed by atoms with Crippen LogP contribution in [0.4, 0.5) is 8.78 Å². The second-order valence-corrected chi connectivity index (χ2v) is 7.38. The van der Waals surface area contributed by atoms with Gasteiger partial charge >= 0.3 is 0 Å². The number of carbonyl (C=O) groups is 1. The van der Waals surface area contributed by atoms with E-state index in [1.54, 1.807) is 6.33 Å². The molecule has 2 unspecified atom stereocenters. The summed E-state index contributed by atoms with van der Waals surface area (Å²) in [5.41, 5.74) is -5.39. The van der Waals surface area contributed by atoms with Crippen molar-refractivity contribution in [3.05, 3.63) is 42.5 Å². The van der Waals surface area contributed by atoms with Crippen molar-refractivity contribution in [1.29, 1.82) is 0 Å². The first-order valence-corrected chi connectivity index (χ1v) is 8.93. The Labute approximate surface area is 152 Å². The molecule has 1 aliphatic heterocycles. The molecule has 1 saturated heterocycles. The Kier molecular flexibility index (Phi) is 5.08. The topological polar surface area (TPSA) is 71.2 Å². The quantitative estimate of drug-likeness (QED) is 0.823. The first kappa shape index (κ1) is 18.9. The van der Waals surface area contributed by atoms with Crippen LogP contribution in [-0.4, -0.2) is 55.0 Å². The molecule has 0 saturated carbocycles. The van der Waals surface area contributed by atoms with Crippen LogP contribution >= 0.6 is 9.24 Å². The molecule has 1 aliphatic rings. The van der Waals surface area contributed by atoms with Crippen LogP contribution in [0.15, 0.2) is 36.7 Å². The number of likely N-dealkylation sites (tertiary alicyclic amines) is 1. The van der Waals surface area contributed by atoms with Gasteiger partial charge in [-0.2, -0.15) is 8.78 Å². The highest BCUT2D eigenvalue weighted by Crippen LogP contribution is 2.37. The molecule has 2 atom stereocenters. The van der Waals surface area contributed by atoms with Crippen molar-refractivity contribution in [2.75, 3.05) is 13.1 Å². The van der Waals surface area contributed by atoms with E-state index in [9.17, 15) is 18.7 Å². The number of hydrogen-bond donors (Lipinski definition) is 1. The van der Waals surface area contributed by atoms with E-state index in [2.05, 4.69) is 10.2 Å². The summed E-state index contributed by atoms with van der Waals surface area (Å²) >= 11 is 0. The number of aliphatic hydroxyl groups is 1. The SMILES string of the molecule is CC(O)(C(=O)N1CCC(c2nncn2-c2ccccc2)CC1)C(F)(F)P. The Bertz CT molecular complexity index is 769. The van der Waals surface area contributed by atoms with Crippen molar-refractivity contribution >= 4 is 15.1 Å². The second-order valence-electron chi connectivity index (χ2n) is 6.66. The third kappa shape index (κ3) is 3.48. The summed E-state index contributed by atoms with van der Waals surface area (Å²) in [5.74, 6) is -0.116. The number of benzene rings is 1. The Morgan fingerprint density at radius 1 is 1.27 bits per heavy atom. The van der Waals surface area contributed by atoms with Crippen LogP contribution in [-0.2, 0) is 4.79 Å². The average Bonchev–Trinajstić information content (AvgIpc) is 3.10. The number of alkyl halides is 2. The van der Waals surface area contributed by atoms with E-state index >= 15 is 0 Å². The lowest BCUT2D eigenvalue weighted by Gasteiger charge is -2.37. The molecule has 0 aliphatic carbocycles. The zero-order valence-electron chi connectivity index (χ0n) is 14.3. The first-order valence-electron chi connectivity index (χ1n) is 8.35. The normalized spacial score (nSPS) is 18.6. The van der Waals surface area contributed by atoms with Gasteiger partial charge in [0.25, 0.3) is 11.6 Å². The largest absolute Gasteiger partial charge is 0.375 e. The summed E-state index contributed by atoms with van der Waals surface area (Å²) in [5, 5.41) is 18.1. The van der Waals surface area contributed by atoms with Crippen molar-refractivity contribution < 1.29 is 18.7 Å². The van der Waals surface area contributed by atoms with Gasteiger partial charge in [0.15, 0.2) is 0 Å². The van der Waals surface area contributed by atoms with Crippen LogP contribution < -0.4 is 0 Å². The standard InChI is InChI=1S/C17H21F2N4O2P/c1-16(25,17(18,19)26)15(24)22-9-7-12(8-10-22)14-21-20-11-23(14)13-5-3-2-4-6-13/h2-6,11-12,25H,7-10,26H2,1H3. The first-order chi connectivity index (χ1) is 12.2. The predicted octanol–water partition coefficient (Wildman–Crippen LogP) is 2.19. The molecule has 140 valence electrons. The number of halogens is 2. The van der Waals surface area contributed by atoms with Crippen molar-refractivity contribution in [2.45, 2.75) is 36.9 Å². The summed E-state index contributed by atoms with van der Waals surface area (Å²) in [7, 11) is 1.24. The lowest BCUT2D eigenvalue weighted by atomic mass is 9.94. The van der Waals surface area contributed by atoms with Crippen molar-refractivity contribution in [3.63, 3.8) is 0 Å². The highest BCUT2D eigenvalue weighted by molar-refractivity contribution is 7.18. The molecule has 3 rings (SSSR count). The van der Waals surface area contributed by atoms with Gasteiger partial charge in [0.2, 0.25) is 5.60 Å². The smallest absolute Gasteiger partial charge is 0.295 e.